The lowest BCUT2D eigenvalue weighted by Gasteiger charge is -2.27. The summed E-state index contributed by atoms with van der Waals surface area (Å²) in [7, 11) is 3.18. The smallest absolute Gasteiger partial charge is 0.226 e. The third kappa shape index (κ3) is 2.11. The number of allylic oxidation sites excluding steroid dienone is 1. The number of hydrogen-bond acceptors (Lipinski definition) is 6. The highest BCUT2D eigenvalue weighted by atomic mass is 16.5. The van der Waals surface area contributed by atoms with Gasteiger partial charge in [0, 0.05) is 11.1 Å². The van der Waals surface area contributed by atoms with Gasteiger partial charge in [-0.25, -0.2) is 4.68 Å². The lowest BCUT2D eigenvalue weighted by molar-refractivity contribution is 0.102. The van der Waals surface area contributed by atoms with E-state index in [1.165, 1.54) is 6.33 Å². The predicted octanol–water partition coefficient (Wildman–Crippen LogP) is 2.92. The quantitative estimate of drug-likeness (QED) is 0.774. The van der Waals surface area contributed by atoms with Gasteiger partial charge in [-0.1, -0.05) is 30.3 Å². The maximum Gasteiger partial charge on any atom is 0.226 e. The highest BCUT2D eigenvalue weighted by Crippen LogP contribution is 2.45. The molecule has 134 valence electrons. The van der Waals surface area contributed by atoms with E-state index < -0.39 is 6.04 Å². The Morgan fingerprint density at radius 2 is 1.81 bits per heavy atom. The highest BCUT2D eigenvalue weighted by Gasteiger charge is 2.41. The molecule has 0 saturated carbocycles. The lowest BCUT2D eigenvalue weighted by atomic mass is 9.94. The first kappa shape index (κ1) is 15.6. The fourth-order valence-electron chi connectivity index (χ4n) is 3.79. The Hall–Kier alpha value is -3.61. The van der Waals surface area contributed by atoms with E-state index in [1.807, 2.05) is 42.5 Å². The van der Waals surface area contributed by atoms with Crippen molar-refractivity contribution in [1.82, 2.24) is 14.8 Å². The molecule has 1 aliphatic carbocycles. The highest BCUT2D eigenvalue weighted by molar-refractivity contribution is 6.23. The number of ketones is 1. The van der Waals surface area contributed by atoms with E-state index in [1.54, 1.807) is 18.9 Å². The molecule has 0 spiro atoms. The third-order valence-electron chi connectivity index (χ3n) is 5.01. The number of hydrogen-bond donors (Lipinski definition) is 1. The van der Waals surface area contributed by atoms with E-state index >= 15 is 0 Å². The number of aromatic nitrogens is 3. The van der Waals surface area contributed by atoms with Crippen LogP contribution < -0.4 is 14.8 Å². The standard InChI is InChI=1S/C20H16N4O3/c1-26-14-8-7-11(9-15(14)27-2)18-16-17(23-20-21-10-22-24(18)20)12-5-3-4-6-13(12)19(16)25/h3-10,18H,1-2H3,(H,21,22,23). The van der Waals surface area contributed by atoms with Gasteiger partial charge in [-0.3, -0.25) is 4.79 Å². The van der Waals surface area contributed by atoms with E-state index in [9.17, 15) is 4.79 Å². The fourth-order valence-corrected chi connectivity index (χ4v) is 3.79. The topological polar surface area (TPSA) is 78.3 Å². The van der Waals surface area contributed by atoms with Gasteiger partial charge in [0.25, 0.3) is 0 Å². The van der Waals surface area contributed by atoms with E-state index in [0.29, 0.717) is 28.6 Å². The van der Waals surface area contributed by atoms with Gasteiger partial charge in [-0.15, -0.1) is 0 Å². The summed E-state index contributed by atoms with van der Waals surface area (Å²) in [5.41, 5.74) is 3.88. The Bertz CT molecular complexity index is 1120. The monoisotopic (exact) mass is 360 g/mol. The van der Waals surface area contributed by atoms with Gasteiger partial charge in [0.1, 0.15) is 12.4 Å². The molecule has 2 aromatic carbocycles. The van der Waals surface area contributed by atoms with Crippen LogP contribution in [-0.2, 0) is 0 Å². The maximum atomic E-state index is 13.2. The molecule has 1 aromatic heterocycles. The first-order chi connectivity index (χ1) is 13.2. The second kappa shape index (κ2) is 5.70. The Morgan fingerprint density at radius 1 is 1.04 bits per heavy atom. The number of rotatable bonds is 3. The van der Waals surface area contributed by atoms with Gasteiger partial charge in [0.15, 0.2) is 17.3 Å². The minimum Gasteiger partial charge on any atom is -0.493 e. The van der Waals surface area contributed by atoms with Crippen LogP contribution in [0.15, 0.2) is 54.4 Å². The number of nitrogens with zero attached hydrogens (tertiary/aromatic N) is 3. The zero-order chi connectivity index (χ0) is 18.5. The molecule has 0 amide bonds. The van der Waals surface area contributed by atoms with Crippen molar-refractivity contribution in [2.24, 2.45) is 0 Å². The van der Waals surface area contributed by atoms with Crippen molar-refractivity contribution in [3.05, 3.63) is 71.1 Å². The van der Waals surface area contributed by atoms with Crippen molar-refractivity contribution < 1.29 is 14.3 Å². The Morgan fingerprint density at radius 3 is 2.59 bits per heavy atom. The normalized spacial score (nSPS) is 17.1. The Labute approximate surface area is 155 Å². The van der Waals surface area contributed by atoms with Gasteiger partial charge in [-0.05, 0) is 17.7 Å². The molecule has 2 heterocycles. The van der Waals surface area contributed by atoms with Crippen molar-refractivity contribution in [3.8, 4) is 11.5 Å². The third-order valence-corrected chi connectivity index (χ3v) is 5.01. The van der Waals surface area contributed by atoms with Crippen molar-refractivity contribution in [1.29, 1.82) is 0 Å². The first-order valence-corrected chi connectivity index (χ1v) is 8.49. The minimum atomic E-state index is -0.404. The van der Waals surface area contributed by atoms with E-state index in [4.69, 9.17) is 9.47 Å². The molecule has 1 atom stereocenters. The van der Waals surface area contributed by atoms with Crippen LogP contribution in [0.25, 0.3) is 5.70 Å². The predicted molar refractivity (Wildman–Crippen MR) is 99.0 cm³/mol. The van der Waals surface area contributed by atoms with Crippen molar-refractivity contribution in [2.75, 3.05) is 19.5 Å². The number of methoxy groups -OCH3 is 2. The van der Waals surface area contributed by atoms with E-state index in [-0.39, 0.29) is 5.78 Å². The number of anilines is 1. The van der Waals surface area contributed by atoms with Crippen LogP contribution in [0.3, 0.4) is 0 Å². The fraction of sp³-hybridized carbons (Fsp3) is 0.150. The summed E-state index contributed by atoms with van der Waals surface area (Å²) in [6, 6.07) is 12.8. The van der Waals surface area contributed by atoms with Gasteiger partial charge < -0.3 is 14.8 Å². The SMILES string of the molecule is COc1ccc(C2C3=C(Nc4ncnn42)c2ccccc2C3=O)cc1OC. The van der Waals surface area contributed by atoms with Crippen LogP contribution in [0.4, 0.5) is 5.95 Å². The number of Topliss-reactive ketones (excluding diaryl/α,β-unsaturated/α-hetero) is 1. The molecule has 1 aliphatic heterocycles. The molecule has 1 N–H and O–H groups in total. The van der Waals surface area contributed by atoms with Crippen LogP contribution in [0.2, 0.25) is 0 Å². The van der Waals surface area contributed by atoms with Crippen molar-refractivity contribution in [2.45, 2.75) is 6.04 Å². The summed E-state index contributed by atoms with van der Waals surface area (Å²) in [6.45, 7) is 0. The summed E-state index contributed by atoms with van der Waals surface area (Å²) >= 11 is 0. The van der Waals surface area contributed by atoms with Gasteiger partial charge in [0.05, 0.1) is 25.5 Å². The summed E-state index contributed by atoms with van der Waals surface area (Å²) in [4.78, 5) is 17.5. The number of benzene rings is 2. The zero-order valence-corrected chi connectivity index (χ0v) is 14.8. The van der Waals surface area contributed by atoms with E-state index in [0.717, 1.165) is 16.8 Å². The van der Waals surface area contributed by atoms with Crippen LogP contribution >= 0.6 is 0 Å². The number of nitrogens with one attached hydrogen (secondary N) is 1. The van der Waals surface area contributed by atoms with Crippen LogP contribution in [0.1, 0.15) is 27.5 Å². The van der Waals surface area contributed by atoms with Crippen LogP contribution in [0.5, 0.6) is 11.5 Å². The summed E-state index contributed by atoms with van der Waals surface area (Å²) in [5, 5.41) is 7.62. The summed E-state index contributed by atoms with van der Waals surface area (Å²) in [5.74, 6) is 1.82. The summed E-state index contributed by atoms with van der Waals surface area (Å²) in [6.07, 6.45) is 1.48. The molecular weight excluding hydrogens is 344 g/mol. The van der Waals surface area contributed by atoms with Gasteiger partial charge in [0.2, 0.25) is 5.95 Å². The molecule has 27 heavy (non-hydrogen) atoms. The molecule has 0 saturated heterocycles. The molecule has 2 aliphatic rings. The number of ether oxygens (including phenoxy) is 2. The molecule has 1 unspecified atom stereocenters. The lowest BCUT2D eigenvalue weighted by Crippen LogP contribution is -2.25. The molecule has 5 rings (SSSR count). The Balaban J connectivity index is 1.73. The van der Waals surface area contributed by atoms with Crippen LogP contribution in [-0.4, -0.2) is 34.8 Å². The molecule has 7 nitrogen and oxygen atoms in total. The van der Waals surface area contributed by atoms with Gasteiger partial charge >= 0.3 is 0 Å². The van der Waals surface area contributed by atoms with E-state index in [2.05, 4.69) is 15.4 Å². The second-order valence-corrected chi connectivity index (χ2v) is 6.33. The summed E-state index contributed by atoms with van der Waals surface area (Å²) < 4.78 is 12.5. The first-order valence-electron chi connectivity index (χ1n) is 8.49. The number of fused-ring (bicyclic) bond motifs is 3. The molecule has 0 bridgehead atoms. The molecule has 0 radical (unpaired) electrons. The zero-order valence-electron chi connectivity index (χ0n) is 14.8. The van der Waals surface area contributed by atoms with Crippen LogP contribution in [0, 0.1) is 0 Å². The number of carbonyl (C=O) groups excluding carboxylic acids is 1. The van der Waals surface area contributed by atoms with Crippen molar-refractivity contribution in [3.63, 3.8) is 0 Å². The molecule has 7 heteroatoms. The molecule has 3 aromatic rings. The average Bonchev–Trinajstić information content (AvgIpc) is 3.29. The average molecular weight is 360 g/mol. The number of carbonyl (C=O) groups is 1. The minimum absolute atomic E-state index is 0.00552. The Kier molecular flexibility index (Phi) is 3.30. The molecular formula is C20H16N4O3. The molecule has 0 fully saturated rings. The van der Waals surface area contributed by atoms with Gasteiger partial charge in [-0.2, -0.15) is 10.1 Å². The van der Waals surface area contributed by atoms with Crippen molar-refractivity contribution >= 4 is 17.4 Å². The second-order valence-electron chi connectivity index (χ2n) is 6.33. The maximum absolute atomic E-state index is 13.2. The largest absolute Gasteiger partial charge is 0.493 e.